The number of hydrogen-bond donors (Lipinski definition) is 0. The van der Waals surface area contributed by atoms with Gasteiger partial charge in [-0.05, 0) is 46.7 Å². The van der Waals surface area contributed by atoms with Crippen LogP contribution < -0.4 is 0 Å². The van der Waals surface area contributed by atoms with Gasteiger partial charge in [-0.25, -0.2) is 8.78 Å². The summed E-state index contributed by atoms with van der Waals surface area (Å²) in [5.41, 5.74) is 4.28. The van der Waals surface area contributed by atoms with Crippen molar-refractivity contribution >= 4 is 12.2 Å². The van der Waals surface area contributed by atoms with Gasteiger partial charge in [0.1, 0.15) is 0 Å². The van der Waals surface area contributed by atoms with Gasteiger partial charge in [0, 0.05) is 0 Å². The van der Waals surface area contributed by atoms with Crippen LogP contribution in [0.3, 0.4) is 0 Å². The van der Waals surface area contributed by atoms with Gasteiger partial charge in [-0.1, -0.05) is 79.7 Å². The van der Waals surface area contributed by atoms with Crippen molar-refractivity contribution in [3.8, 4) is 0 Å². The Morgan fingerprint density at radius 3 is 2.08 bits per heavy atom. The second-order valence-electron chi connectivity index (χ2n) is 6.26. The Bertz CT molecular complexity index is 849. The number of rotatable bonds is 5. The van der Waals surface area contributed by atoms with Gasteiger partial charge in [-0.15, -0.1) is 0 Å². The zero-order valence-corrected chi connectivity index (χ0v) is 14.1. The molecule has 0 N–H and O–H groups in total. The van der Waals surface area contributed by atoms with Crippen LogP contribution in [0.1, 0.15) is 35.1 Å². The first-order valence-corrected chi connectivity index (χ1v) is 8.39. The normalized spacial score (nSPS) is 12.4. The zero-order valence-electron chi connectivity index (χ0n) is 14.1. The average molecular weight is 334 g/mol. The smallest absolute Gasteiger partial charge is 0.159 e. The third-order valence-electron chi connectivity index (χ3n) is 4.30. The topological polar surface area (TPSA) is 0 Å². The standard InChI is InChI=1S/C23H20F2/c1-17(21-5-3-2-4-6-21)15-19-10-7-18(8-11-19)9-12-20-13-14-22(24)23(25)16-20/h2-14,16-17H,15H2,1H3. The van der Waals surface area contributed by atoms with Crippen LogP contribution in [-0.4, -0.2) is 0 Å². The van der Waals surface area contributed by atoms with Gasteiger partial charge in [0.2, 0.25) is 0 Å². The van der Waals surface area contributed by atoms with Gasteiger partial charge >= 0.3 is 0 Å². The van der Waals surface area contributed by atoms with Gasteiger partial charge in [0.25, 0.3) is 0 Å². The van der Waals surface area contributed by atoms with Crippen molar-refractivity contribution in [2.24, 2.45) is 0 Å². The van der Waals surface area contributed by atoms with Crippen molar-refractivity contribution in [2.75, 3.05) is 0 Å². The predicted octanol–water partition coefficient (Wildman–Crippen LogP) is 6.48. The molecule has 3 aromatic rings. The molecule has 3 rings (SSSR count). The van der Waals surface area contributed by atoms with E-state index in [0.29, 0.717) is 11.5 Å². The van der Waals surface area contributed by atoms with Crippen LogP contribution in [0.2, 0.25) is 0 Å². The van der Waals surface area contributed by atoms with Crippen LogP contribution in [0.25, 0.3) is 12.2 Å². The van der Waals surface area contributed by atoms with Crippen LogP contribution in [0.5, 0.6) is 0 Å². The average Bonchev–Trinajstić information content (AvgIpc) is 2.64. The van der Waals surface area contributed by atoms with Crippen LogP contribution in [0.4, 0.5) is 8.78 Å². The highest BCUT2D eigenvalue weighted by Gasteiger charge is 2.06. The van der Waals surface area contributed by atoms with E-state index in [2.05, 4.69) is 43.3 Å². The van der Waals surface area contributed by atoms with Gasteiger partial charge < -0.3 is 0 Å². The molecule has 25 heavy (non-hydrogen) atoms. The van der Waals surface area contributed by atoms with E-state index in [1.807, 2.05) is 24.3 Å². The maximum absolute atomic E-state index is 13.2. The summed E-state index contributed by atoms with van der Waals surface area (Å²) in [5.74, 6) is -1.19. The van der Waals surface area contributed by atoms with Gasteiger partial charge in [-0.2, -0.15) is 0 Å². The molecule has 2 heteroatoms. The second-order valence-corrected chi connectivity index (χ2v) is 6.26. The van der Waals surface area contributed by atoms with E-state index < -0.39 is 11.6 Å². The highest BCUT2D eigenvalue weighted by molar-refractivity contribution is 5.69. The summed E-state index contributed by atoms with van der Waals surface area (Å²) < 4.78 is 26.1. The van der Waals surface area contributed by atoms with E-state index in [-0.39, 0.29) is 0 Å². The predicted molar refractivity (Wildman–Crippen MR) is 100 cm³/mol. The van der Waals surface area contributed by atoms with Crippen LogP contribution in [-0.2, 0) is 6.42 Å². The molecule has 0 saturated carbocycles. The van der Waals surface area contributed by atoms with Crippen molar-refractivity contribution < 1.29 is 8.78 Å². The summed E-state index contributed by atoms with van der Waals surface area (Å²) >= 11 is 0. The summed E-state index contributed by atoms with van der Waals surface area (Å²) in [6.07, 6.45) is 4.67. The first-order chi connectivity index (χ1) is 12.1. The molecule has 0 fully saturated rings. The Kier molecular flexibility index (Phi) is 5.39. The molecule has 0 aliphatic carbocycles. The molecule has 1 unspecified atom stereocenters. The minimum atomic E-state index is -0.826. The molecule has 0 aliphatic heterocycles. The lowest BCUT2D eigenvalue weighted by Crippen LogP contribution is -1.98. The quantitative estimate of drug-likeness (QED) is 0.468. The second kappa shape index (κ2) is 7.89. The van der Waals surface area contributed by atoms with E-state index in [4.69, 9.17) is 0 Å². The van der Waals surface area contributed by atoms with E-state index in [1.165, 1.54) is 17.2 Å². The third kappa shape index (κ3) is 4.63. The first kappa shape index (κ1) is 17.1. The van der Waals surface area contributed by atoms with Crippen molar-refractivity contribution in [1.29, 1.82) is 0 Å². The minimum Gasteiger partial charge on any atom is -0.204 e. The lowest BCUT2D eigenvalue weighted by Gasteiger charge is -2.12. The summed E-state index contributed by atoms with van der Waals surface area (Å²) in [5, 5.41) is 0. The number of hydrogen-bond acceptors (Lipinski definition) is 0. The fourth-order valence-corrected chi connectivity index (χ4v) is 2.83. The minimum absolute atomic E-state index is 0.463. The molecule has 0 saturated heterocycles. The number of halogens is 2. The van der Waals surface area contributed by atoms with Gasteiger partial charge in [-0.3, -0.25) is 0 Å². The molecule has 0 aromatic heterocycles. The van der Waals surface area contributed by atoms with E-state index in [0.717, 1.165) is 18.1 Å². The number of benzene rings is 3. The molecule has 3 aromatic carbocycles. The molecule has 0 aliphatic rings. The van der Waals surface area contributed by atoms with E-state index in [1.54, 1.807) is 12.1 Å². The van der Waals surface area contributed by atoms with Crippen molar-refractivity contribution in [1.82, 2.24) is 0 Å². The van der Waals surface area contributed by atoms with E-state index in [9.17, 15) is 8.78 Å². The largest absolute Gasteiger partial charge is 0.204 e. The summed E-state index contributed by atoms with van der Waals surface area (Å²) in [7, 11) is 0. The Balaban J connectivity index is 1.65. The molecule has 0 radical (unpaired) electrons. The molecular formula is C23H20F2. The van der Waals surface area contributed by atoms with Crippen molar-refractivity contribution in [3.63, 3.8) is 0 Å². The van der Waals surface area contributed by atoms with E-state index >= 15 is 0 Å². The Morgan fingerprint density at radius 2 is 1.40 bits per heavy atom. The highest BCUT2D eigenvalue weighted by Crippen LogP contribution is 2.21. The summed E-state index contributed by atoms with van der Waals surface area (Å²) in [6, 6.07) is 22.7. The van der Waals surface area contributed by atoms with Crippen molar-refractivity contribution in [3.05, 3.63) is 107 Å². The summed E-state index contributed by atoms with van der Waals surface area (Å²) in [6.45, 7) is 2.23. The van der Waals surface area contributed by atoms with Gasteiger partial charge in [0.05, 0.1) is 0 Å². The molecular weight excluding hydrogens is 314 g/mol. The monoisotopic (exact) mass is 334 g/mol. The SMILES string of the molecule is CC(Cc1ccc(C=Cc2ccc(F)c(F)c2)cc1)c1ccccc1. The Labute approximate surface area is 147 Å². The molecule has 0 heterocycles. The fourth-order valence-electron chi connectivity index (χ4n) is 2.83. The highest BCUT2D eigenvalue weighted by atomic mass is 19.2. The fraction of sp³-hybridized carbons (Fsp3) is 0.130. The van der Waals surface area contributed by atoms with Crippen LogP contribution in [0.15, 0.2) is 72.8 Å². The molecule has 1 atom stereocenters. The molecule has 126 valence electrons. The summed E-state index contributed by atoms with van der Waals surface area (Å²) in [4.78, 5) is 0. The lowest BCUT2D eigenvalue weighted by atomic mass is 9.93. The van der Waals surface area contributed by atoms with Gasteiger partial charge in [0.15, 0.2) is 11.6 Å². The third-order valence-corrected chi connectivity index (χ3v) is 4.30. The maximum atomic E-state index is 13.2. The Morgan fingerprint density at radius 1 is 0.760 bits per heavy atom. The first-order valence-electron chi connectivity index (χ1n) is 8.39. The Hall–Kier alpha value is -2.74. The molecule has 0 nitrogen and oxygen atoms in total. The maximum Gasteiger partial charge on any atom is 0.159 e. The molecule has 0 amide bonds. The lowest BCUT2D eigenvalue weighted by molar-refractivity contribution is 0.508. The zero-order chi connectivity index (χ0) is 17.6. The van der Waals surface area contributed by atoms with Crippen LogP contribution >= 0.6 is 0 Å². The van der Waals surface area contributed by atoms with Crippen LogP contribution in [0, 0.1) is 11.6 Å². The molecule has 0 bridgehead atoms. The van der Waals surface area contributed by atoms with Crippen molar-refractivity contribution in [2.45, 2.75) is 19.3 Å². The molecule has 0 spiro atoms.